The van der Waals surface area contributed by atoms with Crippen molar-refractivity contribution < 1.29 is 0 Å². The number of rotatable bonds is 7. The van der Waals surface area contributed by atoms with E-state index in [0.717, 1.165) is 35.6 Å². The molecule has 0 N–H and O–H groups in total. The van der Waals surface area contributed by atoms with Crippen molar-refractivity contribution >= 4 is 68.7 Å². The summed E-state index contributed by atoms with van der Waals surface area (Å²) in [5.41, 5.74) is 19.9. The van der Waals surface area contributed by atoms with Gasteiger partial charge in [0.05, 0.1) is 0 Å². The van der Waals surface area contributed by atoms with E-state index < -0.39 is 0 Å². The van der Waals surface area contributed by atoms with Crippen molar-refractivity contribution in [1.29, 1.82) is 0 Å². The van der Waals surface area contributed by atoms with Crippen LogP contribution in [-0.2, 0) is 0 Å². The van der Waals surface area contributed by atoms with Crippen molar-refractivity contribution in [3.63, 3.8) is 0 Å². The first-order valence-electron chi connectivity index (χ1n) is 20.3. The van der Waals surface area contributed by atoms with Crippen LogP contribution in [0, 0.1) is 0 Å². The Balaban J connectivity index is 1.17. The predicted octanol–water partition coefficient (Wildman–Crippen LogP) is 13.0. The highest BCUT2D eigenvalue weighted by Crippen LogP contribution is 2.49. The highest BCUT2D eigenvalue weighted by molar-refractivity contribution is 6.95. The van der Waals surface area contributed by atoms with Crippen LogP contribution in [0.25, 0.3) is 16.7 Å². The fourth-order valence-electron chi connectivity index (χ4n) is 9.41. The van der Waals surface area contributed by atoms with Gasteiger partial charge in [-0.25, -0.2) is 0 Å². The molecule has 11 rings (SSSR count). The molecule has 0 fully saturated rings. The van der Waals surface area contributed by atoms with Gasteiger partial charge in [-0.15, -0.1) is 0 Å². The Morgan fingerprint density at radius 1 is 0.397 bits per heavy atom. The van der Waals surface area contributed by atoms with Crippen LogP contribution in [0.4, 0.5) is 45.5 Å². The number of hydrogen-bond donors (Lipinski definition) is 0. The molecule has 3 aliphatic rings. The number of para-hydroxylation sites is 3. The Labute approximate surface area is 341 Å². The number of nitrogens with zero attached hydrogens (tertiary/aromatic N) is 3. The van der Waals surface area contributed by atoms with E-state index >= 15 is 0 Å². The summed E-state index contributed by atoms with van der Waals surface area (Å²) >= 11 is 0. The molecule has 58 heavy (non-hydrogen) atoms. The van der Waals surface area contributed by atoms with Crippen LogP contribution in [0.3, 0.4) is 0 Å². The molecule has 3 nitrogen and oxygen atoms in total. The number of benzene rings is 8. The standard InChI is InChI=1S/C54H40BN3/c1-6-18-39(19-7-1)41-22-16-29-46(36-41)58-51-31-17-30-50-54(51)55(48-34-32-42(37-52(48)58)40-20-8-2-9-21-40)49-35-33-47(38-53(49)57(50)45-27-14-5-15-28-45)56(43-23-10-3-11-24-43)44-25-12-4-13-26-44/h1-31,33,35-38H,32,34H2. The molecular weight excluding hydrogens is 701 g/mol. The lowest BCUT2D eigenvalue weighted by molar-refractivity contribution is 0.982. The van der Waals surface area contributed by atoms with Gasteiger partial charge in [0, 0.05) is 51.2 Å². The summed E-state index contributed by atoms with van der Waals surface area (Å²) in [4.78, 5) is 7.42. The zero-order valence-corrected chi connectivity index (χ0v) is 32.1. The predicted molar refractivity (Wildman–Crippen MR) is 246 cm³/mol. The van der Waals surface area contributed by atoms with Crippen molar-refractivity contribution in [3.05, 3.63) is 235 Å². The average molecular weight is 742 g/mol. The summed E-state index contributed by atoms with van der Waals surface area (Å²) in [6.45, 7) is 0.0919. The van der Waals surface area contributed by atoms with E-state index in [-0.39, 0.29) is 6.71 Å². The molecule has 2 heterocycles. The first-order chi connectivity index (χ1) is 28.8. The van der Waals surface area contributed by atoms with Crippen LogP contribution in [0.15, 0.2) is 230 Å². The number of anilines is 8. The quantitative estimate of drug-likeness (QED) is 0.151. The molecule has 0 saturated carbocycles. The molecule has 0 amide bonds. The van der Waals surface area contributed by atoms with Gasteiger partial charge in [0.1, 0.15) is 0 Å². The van der Waals surface area contributed by atoms with Crippen molar-refractivity contribution in [1.82, 2.24) is 0 Å². The second-order valence-corrected chi connectivity index (χ2v) is 15.3. The fourth-order valence-corrected chi connectivity index (χ4v) is 9.41. The van der Waals surface area contributed by atoms with Gasteiger partial charge < -0.3 is 14.7 Å². The van der Waals surface area contributed by atoms with E-state index in [1.165, 1.54) is 67.1 Å². The summed E-state index contributed by atoms with van der Waals surface area (Å²) in [6.07, 6.45) is 4.44. The molecule has 2 aliphatic heterocycles. The summed E-state index contributed by atoms with van der Waals surface area (Å²) in [5, 5.41) is 0. The van der Waals surface area contributed by atoms with Gasteiger partial charge in [0.15, 0.2) is 0 Å². The second kappa shape index (κ2) is 14.3. The van der Waals surface area contributed by atoms with Crippen molar-refractivity contribution in [2.75, 3.05) is 14.7 Å². The van der Waals surface area contributed by atoms with Crippen molar-refractivity contribution in [2.45, 2.75) is 12.8 Å². The number of allylic oxidation sites excluding steroid dienone is 3. The molecule has 8 aromatic rings. The fraction of sp³-hybridized carbons (Fsp3) is 0.0370. The van der Waals surface area contributed by atoms with Crippen LogP contribution in [0.2, 0.25) is 0 Å². The van der Waals surface area contributed by atoms with E-state index in [1.807, 2.05) is 0 Å². The smallest absolute Gasteiger partial charge is 0.247 e. The third kappa shape index (κ3) is 5.76. The van der Waals surface area contributed by atoms with Gasteiger partial charge in [-0.3, -0.25) is 0 Å². The van der Waals surface area contributed by atoms with Crippen LogP contribution in [-0.4, -0.2) is 6.71 Å². The summed E-state index contributed by atoms with van der Waals surface area (Å²) in [6, 6.07) is 77.2. The van der Waals surface area contributed by atoms with Gasteiger partial charge in [0.25, 0.3) is 0 Å². The molecule has 0 aromatic heterocycles. The van der Waals surface area contributed by atoms with E-state index in [9.17, 15) is 0 Å². The van der Waals surface area contributed by atoms with Crippen LogP contribution < -0.4 is 25.6 Å². The Morgan fingerprint density at radius 2 is 0.948 bits per heavy atom. The Kier molecular flexibility index (Phi) is 8.40. The van der Waals surface area contributed by atoms with Gasteiger partial charge in [-0.05, 0) is 125 Å². The molecule has 0 unspecified atom stereocenters. The molecule has 0 bridgehead atoms. The minimum absolute atomic E-state index is 0.0919. The third-order valence-electron chi connectivity index (χ3n) is 11.9. The molecular formula is C54H40BN3. The normalized spacial score (nSPS) is 14.0. The molecule has 0 radical (unpaired) electrons. The molecule has 4 heteroatoms. The lowest BCUT2D eigenvalue weighted by Gasteiger charge is -2.46. The maximum atomic E-state index is 2.55. The lowest BCUT2D eigenvalue weighted by Crippen LogP contribution is -2.56. The zero-order valence-electron chi connectivity index (χ0n) is 32.1. The third-order valence-corrected chi connectivity index (χ3v) is 11.9. The first kappa shape index (κ1) is 34.0. The van der Waals surface area contributed by atoms with Crippen LogP contribution in [0.5, 0.6) is 0 Å². The topological polar surface area (TPSA) is 9.72 Å². The number of hydrogen-bond acceptors (Lipinski definition) is 3. The van der Waals surface area contributed by atoms with E-state index in [4.69, 9.17) is 0 Å². The molecule has 0 saturated heterocycles. The monoisotopic (exact) mass is 741 g/mol. The summed E-state index contributed by atoms with van der Waals surface area (Å²) in [5.74, 6) is 0. The average Bonchev–Trinajstić information content (AvgIpc) is 3.30. The van der Waals surface area contributed by atoms with Gasteiger partial charge >= 0.3 is 0 Å². The minimum Gasteiger partial charge on any atom is -0.312 e. The van der Waals surface area contributed by atoms with E-state index in [0.29, 0.717) is 0 Å². The molecule has 1 aliphatic carbocycles. The molecule has 8 aromatic carbocycles. The summed E-state index contributed by atoms with van der Waals surface area (Å²) in [7, 11) is 0. The Bertz CT molecular complexity index is 2800. The van der Waals surface area contributed by atoms with Gasteiger partial charge in [-0.1, -0.05) is 145 Å². The molecule has 0 spiro atoms. The first-order valence-corrected chi connectivity index (χ1v) is 20.3. The van der Waals surface area contributed by atoms with Crippen LogP contribution in [0.1, 0.15) is 18.4 Å². The zero-order chi connectivity index (χ0) is 38.4. The SMILES string of the molecule is C1=C(c2ccccc2)CCC2=C1N(c1cccc(-c3ccccc3)c1)c1cccc3c1B2c1ccc(N(c2ccccc2)c2ccccc2)cc1N3c1ccccc1. The second-order valence-electron chi connectivity index (χ2n) is 15.3. The Hall–Kier alpha value is -7.30. The van der Waals surface area contributed by atoms with Crippen molar-refractivity contribution in [3.8, 4) is 11.1 Å². The van der Waals surface area contributed by atoms with E-state index in [1.54, 1.807) is 0 Å². The van der Waals surface area contributed by atoms with Crippen molar-refractivity contribution in [2.24, 2.45) is 0 Å². The summed E-state index contributed by atoms with van der Waals surface area (Å²) < 4.78 is 0. The van der Waals surface area contributed by atoms with E-state index in [2.05, 4.69) is 233 Å². The largest absolute Gasteiger partial charge is 0.312 e. The van der Waals surface area contributed by atoms with Crippen LogP contribution >= 0.6 is 0 Å². The lowest BCUT2D eigenvalue weighted by atomic mass is 9.32. The maximum absolute atomic E-state index is 2.55. The maximum Gasteiger partial charge on any atom is 0.247 e. The molecule has 0 atom stereocenters. The van der Waals surface area contributed by atoms with Gasteiger partial charge in [0.2, 0.25) is 6.71 Å². The highest BCUT2D eigenvalue weighted by Gasteiger charge is 2.45. The Morgan fingerprint density at radius 3 is 1.62 bits per heavy atom. The molecule has 274 valence electrons. The van der Waals surface area contributed by atoms with Gasteiger partial charge in [-0.2, -0.15) is 0 Å². The highest BCUT2D eigenvalue weighted by atomic mass is 15.2. The minimum atomic E-state index is 0.0919. The number of fused-ring (bicyclic) bond motifs is 3.